The molecular formula is C28H37NO5S. The number of rotatable bonds is 15. The summed E-state index contributed by atoms with van der Waals surface area (Å²) in [5.41, 5.74) is 1.17. The minimum Gasteiger partial charge on any atom is -0.496 e. The van der Waals surface area contributed by atoms with Gasteiger partial charge < -0.3 is 14.2 Å². The summed E-state index contributed by atoms with van der Waals surface area (Å²) in [5.74, 6) is 0.486. The van der Waals surface area contributed by atoms with Crippen LogP contribution in [0.25, 0.3) is 0 Å². The number of nitrogens with zero attached hydrogens (tertiary/aromatic N) is 1. The number of unbranched alkanes of at least 4 members (excludes halogenated alkanes) is 2. The van der Waals surface area contributed by atoms with Crippen LogP contribution in [0.15, 0.2) is 42.6 Å². The number of para-hydroxylation sites is 1. The van der Waals surface area contributed by atoms with Gasteiger partial charge in [0.1, 0.15) is 29.5 Å². The maximum Gasteiger partial charge on any atom is 0.309 e. The van der Waals surface area contributed by atoms with E-state index >= 15 is 0 Å². The first-order valence-electron chi connectivity index (χ1n) is 12.2. The van der Waals surface area contributed by atoms with Crippen molar-refractivity contribution in [3.8, 4) is 11.5 Å². The van der Waals surface area contributed by atoms with Crippen LogP contribution in [-0.2, 0) is 20.7 Å². The Kier molecular flexibility index (Phi) is 11.8. The van der Waals surface area contributed by atoms with Gasteiger partial charge in [0.2, 0.25) is 0 Å². The Morgan fingerprint density at radius 2 is 1.80 bits per heavy atom. The van der Waals surface area contributed by atoms with E-state index in [1.54, 1.807) is 26.3 Å². The molecule has 1 heterocycles. The summed E-state index contributed by atoms with van der Waals surface area (Å²) in [6.45, 7) is 7.38. The molecule has 0 bridgehead atoms. The summed E-state index contributed by atoms with van der Waals surface area (Å²) in [7, 11) is 1.54. The second-order valence-electron chi connectivity index (χ2n) is 8.85. The van der Waals surface area contributed by atoms with Crippen LogP contribution in [0.2, 0.25) is 0 Å². The van der Waals surface area contributed by atoms with Crippen molar-refractivity contribution in [3.63, 3.8) is 0 Å². The predicted molar refractivity (Wildman–Crippen MR) is 141 cm³/mol. The van der Waals surface area contributed by atoms with Crippen molar-refractivity contribution in [1.29, 1.82) is 0 Å². The number of pyridine rings is 1. The summed E-state index contributed by atoms with van der Waals surface area (Å²) in [5, 5.41) is 0. The number of hydrogen-bond acceptors (Lipinski definition) is 7. The fourth-order valence-electron chi connectivity index (χ4n) is 3.82. The van der Waals surface area contributed by atoms with E-state index in [-0.39, 0.29) is 36.8 Å². The van der Waals surface area contributed by atoms with Crippen LogP contribution in [0.5, 0.6) is 11.5 Å². The maximum atomic E-state index is 13.1. The molecule has 0 fully saturated rings. The number of carbonyl (C=O) groups is 2. The van der Waals surface area contributed by atoms with Gasteiger partial charge in [-0.1, -0.05) is 57.1 Å². The third kappa shape index (κ3) is 9.06. The van der Waals surface area contributed by atoms with Gasteiger partial charge in [0.15, 0.2) is 0 Å². The third-order valence-corrected chi connectivity index (χ3v) is 6.13. The fraction of sp³-hybridized carbons (Fsp3) is 0.500. The molecule has 0 aliphatic heterocycles. The van der Waals surface area contributed by atoms with Crippen LogP contribution >= 0.6 is 12.2 Å². The molecule has 0 unspecified atom stereocenters. The normalized spacial score (nSPS) is 13.4. The van der Waals surface area contributed by atoms with Crippen molar-refractivity contribution in [2.45, 2.75) is 78.4 Å². The number of benzene rings is 1. The molecule has 190 valence electrons. The molecule has 0 radical (unpaired) electrons. The van der Waals surface area contributed by atoms with Crippen LogP contribution in [-0.4, -0.2) is 40.9 Å². The smallest absolute Gasteiger partial charge is 0.309 e. The second kappa shape index (κ2) is 14.6. The Morgan fingerprint density at radius 3 is 2.43 bits per heavy atom. The Balaban J connectivity index is 2.10. The van der Waals surface area contributed by atoms with Crippen molar-refractivity contribution in [2.75, 3.05) is 7.11 Å². The van der Waals surface area contributed by atoms with Crippen molar-refractivity contribution in [3.05, 3.63) is 53.9 Å². The molecule has 0 saturated heterocycles. The minimum absolute atomic E-state index is 0.0184. The number of carbonyl (C=O) groups excluding carboxylic acids is 2. The van der Waals surface area contributed by atoms with Crippen molar-refractivity contribution < 1.29 is 23.8 Å². The van der Waals surface area contributed by atoms with Crippen LogP contribution in [0.1, 0.15) is 71.1 Å². The van der Waals surface area contributed by atoms with Crippen LogP contribution < -0.4 is 9.47 Å². The number of ether oxygens (including phenoxy) is 3. The molecule has 0 N–H and O–H groups in total. The van der Waals surface area contributed by atoms with E-state index in [1.807, 2.05) is 37.3 Å². The van der Waals surface area contributed by atoms with E-state index in [0.29, 0.717) is 21.9 Å². The average Bonchev–Trinajstić information content (AvgIpc) is 2.83. The first-order valence-corrected chi connectivity index (χ1v) is 12.6. The van der Waals surface area contributed by atoms with E-state index in [1.165, 1.54) is 6.92 Å². The van der Waals surface area contributed by atoms with Crippen LogP contribution in [0, 0.1) is 5.92 Å². The molecule has 1 aromatic carbocycles. The zero-order chi connectivity index (χ0) is 25.8. The van der Waals surface area contributed by atoms with Gasteiger partial charge in [0.25, 0.3) is 0 Å². The molecule has 1 aromatic heterocycles. The lowest BCUT2D eigenvalue weighted by Crippen LogP contribution is -2.35. The largest absolute Gasteiger partial charge is 0.496 e. The van der Waals surface area contributed by atoms with Gasteiger partial charge in [-0.2, -0.15) is 0 Å². The fourth-order valence-corrected chi connectivity index (χ4v) is 4.25. The number of thiocarbonyl (C=S) groups is 1. The minimum atomic E-state index is -0.474. The Bertz CT molecular complexity index is 979. The molecule has 0 saturated carbocycles. The molecule has 0 spiro atoms. The van der Waals surface area contributed by atoms with E-state index in [0.717, 1.165) is 31.4 Å². The molecule has 3 atom stereocenters. The topological polar surface area (TPSA) is 74.7 Å². The van der Waals surface area contributed by atoms with E-state index in [9.17, 15) is 9.59 Å². The average molecular weight is 500 g/mol. The summed E-state index contributed by atoms with van der Waals surface area (Å²) in [6.07, 6.45) is 5.21. The molecule has 7 heteroatoms. The van der Waals surface area contributed by atoms with Crippen molar-refractivity contribution in [2.24, 2.45) is 5.92 Å². The van der Waals surface area contributed by atoms with Gasteiger partial charge in [-0.05, 0) is 51.3 Å². The number of Topliss-reactive ketones (excluding diaryl/α,β-unsaturated/α-hetero) is 1. The lowest BCUT2D eigenvalue weighted by Gasteiger charge is -2.26. The molecule has 0 aliphatic carbocycles. The highest BCUT2D eigenvalue weighted by molar-refractivity contribution is 7.80. The van der Waals surface area contributed by atoms with Gasteiger partial charge in [-0.15, -0.1) is 0 Å². The quantitative estimate of drug-likeness (QED) is 0.130. The molecule has 2 aromatic rings. The number of methoxy groups -OCH3 is 1. The monoisotopic (exact) mass is 499 g/mol. The van der Waals surface area contributed by atoms with Crippen molar-refractivity contribution in [1.82, 2.24) is 4.98 Å². The summed E-state index contributed by atoms with van der Waals surface area (Å²) < 4.78 is 17.4. The van der Waals surface area contributed by atoms with Gasteiger partial charge in [-0.3, -0.25) is 14.6 Å². The number of ketones is 1. The zero-order valence-corrected chi connectivity index (χ0v) is 22.2. The van der Waals surface area contributed by atoms with Crippen molar-refractivity contribution >= 4 is 28.8 Å². The molecule has 0 amide bonds. The van der Waals surface area contributed by atoms with Crippen LogP contribution in [0.3, 0.4) is 0 Å². The number of hydrogen-bond donors (Lipinski definition) is 0. The van der Waals surface area contributed by atoms with E-state index < -0.39 is 5.92 Å². The first-order chi connectivity index (χ1) is 16.8. The number of esters is 1. The Hall–Kier alpha value is -2.80. The molecule has 6 nitrogen and oxygen atoms in total. The predicted octanol–water partition coefficient (Wildman–Crippen LogP) is 5.93. The van der Waals surface area contributed by atoms with E-state index in [4.69, 9.17) is 26.4 Å². The second-order valence-corrected chi connectivity index (χ2v) is 9.35. The standard InChI is InChI=1S/C28H37NO5S/c1-6-7-9-14-24(21(4)33-22-12-10-8-11-13-22)34-28(31)19(2)17-26(35)27-23(18-20(3)30)25(32-5)15-16-29-27/h8,10-13,15-16,19,21,24H,6-7,9,14,17-18H2,1-5H3/t19-,21+,24-/m1/s1. The zero-order valence-electron chi connectivity index (χ0n) is 21.4. The number of aromatic nitrogens is 1. The molecular weight excluding hydrogens is 462 g/mol. The van der Waals surface area contributed by atoms with Gasteiger partial charge in [0, 0.05) is 23.0 Å². The highest BCUT2D eigenvalue weighted by Crippen LogP contribution is 2.25. The lowest BCUT2D eigenvalue weighted by molar-refractivity contribution is -0.158. The van der Waals surface area contributed by atoms with E-state index in [2.05, 4.69) is 11.9 Å². The van der Waals surface area contributed by atoms with Gasteiger partial charge in [0.05, 0.1) is 18.7 Å². The van der Waals surface area contributed by atoms with Gasteiger partial charge in [-0.25, -0.2) is 0 Å². The molecule has 35 heavy (non-hydrogen) atoms. The SMILES string of the molecule is CCCCC[C@@H](OC(=O)[C@H](C)CC(=S)c1nccc(OC)c1CC(C)=O)[C@H](C)Oc1ccccc1. The Morgan fingerprint density at radius 1 is 1.09 bits per heavy atom. The van der Waals surface area contributed by atoms with Crippen LogP contribution in [0.4, 0.5) is 0 Å². The maximum absolute atomic E-state index is 13.1. The summed E-state index contributed by atoms with van der Waals surface area (Å²) in [4.78, 5) is 29.8. The molecule has 2 rings (SSSR count). The lowest BCUT2D eigenvalue weighted by atomic mass is 9.98. The first kappa shape index (κ1) is 28.4. The third-order valence-electron chi connectivity index (χ3n) is 5.76. The highest BCUT2D eigenvalue weighted by Gasteiger charge is 2.27. The summed E-state index contributed by atoms with van der Waals surface area (Å²) in [6, 6.07) is 11.2. The highest BCUT2D eigenvalue weighted by atomic mass is 32.1. The molecule has 0 aliphatic rings. The summed E-state index contributed by atoms with van der Waals surface area (Å²) >= 11 is 5.64. The van der Waals surface area contributed by atoms with Gasteiger partial charge >= 0.3 is 5.97 Å². The Labute approximate surface area is 214 Å².